The summed E-state index contributed by atoms with van der Waals surface area (Å²) in [7, 11) is 1.87. The van der Waals surface area contributed by atoms with Crippen LogP contribution >= 0.6 is 0 Å². The average Bonchev–Trinajstić information content (AvgIpc) is 2.14. The van der Waals surface area contributed by atoms with Gasteiger partial charge in [-0.25, -0.2) is 0 Å². The van der Waals surface area contributed by atoms with Crippen molar-refractivity contribution in [2.45, 2.75) is 44.8 Å². The molecule has 15 heavy (non-hydrogen) atoms. The van der Waals surface area contributed by atoms with Gasteiger partial charge in [0.05, 0.1) is 0 Å². The van der Waals surface area contributed by atoms with E-state index in [1.807, 2.05) is 7.05 Å². The molecule has 0 heterocycles. The Labute approximate surface area is 89.2 Å². The van der Waals surface area contributed by atoms with E-state index in [2.05, 4.69) is 17.0 Å². The highest BCUT2D eigenvalue weighted by atomic mass is 19.4. The number of hydrogen-bond acceptors (Lipinski definition) is 2. The molecule has 1 unspecified atom stereocenters. The van der Waals surface area contributed by atoms with Gasteiger partial charge >= 0.3 is 6.18 Å². The fraction of sp³-hybridized carbons (Fsp3) is 1.00. The third kappa shape index (κ3) is 10.0. The maximum absolute atomic E-state index is 11.7. The lowest BCUT2D eigenvalue weighted by molar-refractivity contribution is -0.174. The van der Waals surface area contributed by atoms with Gasteiger partial charge in [-0.1, -0.05) is 13.3 Å². The molecule has 0 aliphatic rings. The molecule has 0 aliphatic carbocycles. The van der Waals surface area contributed by atoms with E-state index >= 15 is 0 Å². The predicted molar refractivity (Wildman–Crippen MR) is 53.9 cm³/mol. The van der Waals surface area contributed by atoms with Gasteiger partial charge in [0.1, 0.15) is 6.61 Å². The van der Waals surface area contributed by atoms with Crippen LogP contribution in [0.25, 0.3) is 0 Å². The number of rotatable bonds is 8. The van der Waals surface area contributed by atoms with Crippen LogP contribution in [-0.2, 0) is 4.74 Å². The van der Waals surface area contributed by atoms with E-state index in [4.69, 9.17) is 0 Å². The van der Waals surface area contributed by atoms with Crippen LogP contribution in [0.3, 0.4) is 0 Å². The molecule has 1 N–H and O–H groups in total. The number of hydrogen-bond donors (Lipinski definition) is 1. The molecule has 2 nitrogen and oxygen atoms in total. The molecule has 1 atom stereocenters. The molecule has 0 amide bonds. The Morgan fingerprint density at radius 3 is 2.40 bits per heavy atom. The van der Waals surface area contributed by atoms with Crippen molar-refractivity contribution in [2.75, 3.05) is 20.3 Å². The maximum atomic E-state index is 11.7. The van der Waals surface area contributed by atoms with Crippen LogP contribution in [-0.4, -0.2) is 32.5 Å². The van der Waals surface area contributed by atoms with E-state index < -0.39 is 12.8 Å². The van der Waals surface area contributed by atoms with Crippen LogP contribution in [0.2, 0.25) is 0 Å². The van der Waals surface area contributed by atoms with Crippen LogP contribution in [0.1, 0.15) is 32.6 Å². The van der Waals surface area contributed by atoms with Gasteiger partial charge in [0, 0.05) is 12.6 Å². The van der Waals surface area contributed by atoms with E-state index in [0.717, 1.165) is 19.3 Å². The molecule has 0 aliphatic heterocycles. The van der Waals surface area contributed by atoms with Crippen molar-refractivity contribution >= 4 is 0 Å². The Balaban J connectivity index is 3.36. The summed E-state index contributed by atoms with van der Waals surface area (Å²) in [4.78, 5) is 0. The number of alkyl halides is 3. The summed E-state index contributed by atoms with van der Waals surface area (Å²) in [6.45, 7) is 1.14. The van der Waals surface area contributed by atoms with E-state index in [9.17, 15) is 13.2 Å². The first-order valence-corrected chi connectivity index (χ1v) is 5.31. The number of ether oxygens (including phenoxy) is 1. The Morgan fingerprint density at radius 1 is 1.27 bits per heavy atom. The second kappa shape index (κ2) is 7.93. The molecule has 0 fully saturated rings. The minimum atomic E-state index is -4.20. The molecule has 0 aromatic carbocycles. The summed E-state index contributed by atoms with van der Waals surface area (Å²) < 4.78 is 39.6. The van der Waals surface area contributed by atoms with Crippen molar-refractivity contribution in [3.8, 4) is 0 Å². The lowest BCUT2D eigenvalue weighted by Crippen LogP contribution is -2.25. The average molecular weight is 227 g/mol. The quantitative estimate of drug-likeness (QED) is 0.644. The van der Waals surface area contributed by atoms with Crippen LogP contribution < -0.4 is 5.32 Å². The smallest absolute Gasteiger partial charge is 0.372 e. The summed E-state index contributed by atoms with van der Waals surface area (Å²) in [5.41, 5.74) is 0. The Morgan fingerprint density at radius 2 is 1.93 bits per heavy atom. The second-order valence-corrected chi connectivity index (χ2v) is 3.58. The summed E-state index contributed by atoms with van der Waals surface area (Å²) >= 11 is 0. The zero-order valence-electron chi connectivity index (χ0n) is 9.36. The van der Waals surface area contributed by atoms with E-state index in [1.165, 1.54) is 0 Å². The number of nitrogens with one attached hydrogen (secondary N) is 1. The molecule has 0 saturated heterocycles. The van der Waals surface area contributed by atoms with Gasteiger partial charge in [-0.05, 0) is 26.3 Å². The van der Waals surface area contributed by atoms with E-state index in [1.54, 1.807) is 0 Å². The van der Waals surface area contributed by atoms with Crippen LogP contribution in [0.15, 0.2) is 0 Å². The molecule has 92 valence electrons. The van der Waals surface area contributed by atoms with Gasteiger partial charge in [-0.15, -0.1) is 0 Å². The van der Waals surface area contributed by atoms with Gasteiger partial charge in [-0.3, -0.25) is 0 Å². The first kappa shape index (κ1) is 14.7. The fourth-order valence-electron chi connectivity index (χ4n) is 1.40. The van der Waals surface area contributed by atoms with Crippen molar-refractivity contribution in [3.63, 3.8) is 0 Å². The van der Waals surface area contributed by atoms with Crippen molar-refractivity contribution in [1.82, 2.24) is 5.32 Å². The molecular formula is C10H20F3NO. The minimum absolute atomic E-state index is 0.182. The Bertz CT molecular complexity index is 150. The molecule has 0 spiro atoms. The molecule has 5 heteroatoms. The number of halogens is 3. The fourth-order valence-corrected chi connectivity index (χ4v) is 1.40. The maximum Gasteiger partial charge on any atom is 0.411 e. The SMILES string of the molecule is CCCC(CCCOCC(F)(F)F)NC. The summed E-state index contributed by atoms with van der Waals surface area (Å²) in [6.07, 6.45) is -0.541. The van der Waals surface area contributed by atoms with Crippen LogP contribution in [0.5, 0.6) is 0 Å². The van der Waals surface area contributed by atoms with E-state index in [0.29, 0.717) is 12.5 Å². The lowest BCUT2D eigenvalue weighted by atomic mass is 10.1. The van der Waals surface area contributed by atoms with Gasteiger partial charge < -0.3 is 10.1 Å². The van der Waals surface area contributed by atoms with Crippen molar-refractivity contribution in [1.29, 1.82) is 0 Å². The molecule has 0 bridgehead atoms. The molecule has 0 aromatic rings. The summed E-state index contributed by atoms with van der Waals surface area (Å²) in [5, 5.41) is 3.13. The zero-order chi connectivity index (χ0) is 11.7. The lowest BCUT2D eigenvalue weighted by Gasteiger charge is -2.15. The minimum Gasteiger partial charge on any atom is -0.372 e. The second-order valence-electron chi connectivity index (χ2n) is 3.58. The standard InChI is InChI=1S/C10H20F3NO/c1-3-5-9(14-2)6-4-7-15-8-10(11,12)13/h9,14H,3-8H2,1-2H3. The molecule has 0 aromatic heterocycles. The summed E-state index contributed by atoms with van der Waals surface area (Å²) in [6, 6.07) is 0.393. The molecule has 0 saturated carbocycles. The van der Waals surface area contributed by atoms with Crippen molar-refractivity contribution in [2.24, 2.45) is 0 Å². The Hall–Kier alpha value is -0.290. The molecular weight excluding hydrogens is 207 g/mol. The highest BCUT2D eigenvalue weighted by Crippen LogP contribution is 2.14. The van der Waals surface area contributed by atoms with Gasteiger partial charge in [-0.2, -0.15) is 13.2 Å². The molecule has 0 radical (unpaired) electrons. The monoisotopic (exact) mass is 227 g/mol. The summed E-state index contributed by atoms with van der Waals surface area (Å²) in [5.74, 6) is 0. The van der Waals surface area contributed by atoms with Crippen molar-refractivity contribution in [3.05, 3.63) is 0 Å². The van der Waals surface area contributed by atoms with Crippen molar-refractivity contribution < 1.29 is 17.9 Å². The van der Waals surface area contributed by atoms with Gasteiger partial charge in [0.15, 0.2) is 0 Å². The highest BCUT2D eigenvalue weighted by molar-refractivity contribution is 4.63. The predicted octanol–water partition coefficient (Wildman–Crippen LogP) is 2.73. The Kier molecular flexibility index (Phi) is 7.78. The van der Waals surface area contributed by atoms with Crippen LogP contribution in [0, 0.1) is 0 Å². The van der Waals surface area contributed by atoms with Crippen LogP contribution in [0.4, 0.5) is 13.2 Å². The highest BCUT2D eigenvalue weighted by Gasteiger charge is 2.27. The first-order chi connectivity index (χ1) is 6.99. The van der Waals surface area contributed by atoms with Gasteiger partial charge in [0.25, 0.3) is 0 Å². The third-order valence-electron chi connectivity index (χ3n) is 2.15. The molecule has 0 rings (SSSR count). The third-order valence-corrected chi connectivity index (χ3v) is 2.15. The van der Waals surface area contributed by atoms with Gasteiger partial charge in [0.2, 0.25) is 0 Å². The largest absolute Gasteiger partial charge is 0.411 e. The zero-order valence-corrected chi connectivity index (χ0v) is 9.36. The first-order valence-electron chi connectivity index (χ1n) is 5.31. The van der Waals surface area contributed by atoms with E-state index in [-0.39, 0.29) is 6.61 Å². The topological polar surface area (TPSA) is 21.3 Å². The normalized spacial score (nSPS) is 14.2.